The van der Waals surface area contributed by atoms with Crippen molar-refractivity contribution in [3.05, 3.63) is 42.5 Å². The number of anilines is 1. The third-order valence-corrected chi connectivity index (χ3v) is 10.3. The number of sulfonamides is 1. The molecule has 0 amide bonds. The predicted molar refractivity (Wildman–Crippen MR) is 111 cm³/mol. The summed E-state index contributed by atoms with van der Waals surface area (Å²) in [4.78, 5) is -0.501. The molecule has 0 aliphatic carbocycles. The minimum atomic E-state index is -4.12. The Bertz CT molecular complexity index is 1270. The van der Waals surface area contributed by atoms with Gasteiger partial charge in [0.05, 0.1) is 46.5 Å². The predicted octanol–water partition coefficient (Wildman–Crippen LogP) is 1.47. The van der Waals surface area contributed by atoms with Gasteiger partial charge in [-0.1, -0.05) is 6.07 Å². The second kappa shape index (κ2) is 8.08. The van der Waals surface area contributed by atoms with Crippen molar-refractivity contribution in [3.8, 4) is 11.5 Å². The summed E-state index contributed by atoms with van der Waals surface area (Å²) in [7, 11) is -8.66. The van der Waals surface area contributed by atoms with Gasteiger partial charge in [0, 0.05) is 6.07 Å². The topological polar surface area (TPSA) is 133 Å². The number of nitrogens with one attached hydrogen (secondary N) is 1. The molecule has 12 heteroatoms. The molecule has 1 N–H and O–H groups in total. The molecule has 0 radical (unpaired) electrons. The van der Waals surface area contributed by atoms with Crippen molar-refractivity contribution in [1.82, 2.24) is 0 Å². The number of ether oxygens (including phenoxy) is 2. The van der Waals surface area contributed by atoms with E-state index in [0.29, 0.717) is 11.5 Å². The molecular weight excluding hydrogens is 454 g/mol. The summed E-state index contributed by atoms with van der Waals surface area (Å²) in [5.41, 5.74) is 0.197. The summed E-state index contributed by atoms with van der Waals surface area (Å²) in [5, 5.41) is -1.08. The number of hydrogen-bond acceptors (Lipinski definition) is 8. The maximum atomic E-state index is 12.8. The first-order valence-electron chi connectivity index (χ1n) is 8.78. The fraction of sp³-hybridized carbons (Fsp3) is 0.333. The number of sulfone groups is 2. The van der Waals surface area contributed by atoms with Gasteiger partial charge >= 0.3 is 0 Å². The van der Waals surface area contributed by atoms with Crippen molar-refractivity contribution in [2.24, 2.45) is 0 Å². The zero-order chi connectivity index (χ0) is 22.2. The van der Waals surface area contributed by atoms with E-state index in [-0.39, 0.29) is 27.7 Å². The second-order valence-corrected chi connectivity index (χ2v) is 12.9. The molecule has 0 unspecified atom stereocenters. The molecule has 1 aliphatic rings. The molecule has 164 valence electrons. The number of benzene rings is 2. The lowest BCUT2D eigenvalue weighted by atomic mass is 10.3. The van der Waals surface area contributed by atoms with Gasteiger partial charge in [0.15, 0.2) is 31.2 Å². The van der Waals surface area contributed by atoms with Crippen molar-refractivity contribution in [2.45, 2.75) is 21.5 Å². The van der Waals surface area contributed by atoms with Crippen LogP contribution in [0.15, 0.2) is 52.3 Å². The van der Waals surface area contributed by atoms with Crippen molar-refractivity contribution < 1.29 is 34.7 Å². The second-order valence-electron chi connectivity index (χ2n) is 6.72. The first-order valence-corrected chi connectivity index (χ1v) is 13.6. The third kappa shape index (κ3) is 4.55. The Labute approximate surface area is 175 Å². The molecule has 1 saturated heterocycles. The molecule has 0 spiro atoms. The van der Waals surface area contributed by atoms with E-state index in [9.17, 15) is 25.3 Å². The Morgan fingerprint density at radius 1 is 0.933 bits per heavy atom. The van der Waals surface area contributed by atoms with Gasteiger partial charge in [-0.05, 0) is 36.8 Å². The lowest BCUT2D eigenvalue weighted by Crippen LogP contribution is -2.23. The van der Waals surface area contributed by atoms with Gasteiger partial charge < -0.3 is 9.47 Å². The van der Waals surface area contributed by atoms with Crippen LogP contribution in [0, 0.1) is 0 Å². The first-order chi connectivity index (χ1) is 14.0. The molecule has 0 bridgehead atoms. The molecule has 2 aromatic carbocycles. The van der Waals surface area contributed by atoms with Crippen LogP contribution in [-0.2, 0) is 29.7 Å². The van der Waals surface area contributed by atoms with Gasteiger partial charge in [-0.2, -0.15) is 0 Å². The molecule has 2 aromatic rings. The first kappa shape index (κ1) is 22.4. The van der Waals surface area contributed by atoms with E-state index in [1.165, 1.54) is 50.6 Å². The molecule has 0 saturated carbocycles. The van der Waals surface area contributed by atoms with E-state index >= 15 is 0 Å². The number of rotatable bonds is 7. The lowest BCUT2D eigenvalue weighted by molar-refractivity contribution is 0.355. The molecule has 3 rings (SSSR count). The summed E-state index contributed by atoms with van der Waals surface area (Å²) in [5.74, 6) is 0.0721. The largest absolute Gasteiger partial charge is 0.493 e. The molecule has 1 atom stereocenters. The highest BCUT2D eigenvalue weighted by Gasteiger charge is 2.38. The van der Waals surface area contributed by atoms with Crippen LogP contribution < -0.4 is 14.2 Å². The number of methoxy groups -OCH3 is 2. The summed E-state index contributed by atoms with van der Waals surface area (Å²) in [6.07, 6.45) is -0.00840. The smallest absolute Gasteiger partial charge is 0.261 e. The Morgan fingerprint density at radius 3 is 2.20 bits per heavy atom. The van der Waals surface area contributed by atoms with E-state index in [2.05, 4.69) is 4.72 Å². The Kier molecular flexibility index (Phi) is 6.03. The van der Waals surface area contributed by atoms with Gasteiger partial charge in [-0.3, -0.25) is 4.72 Å². The quantitative estimate of drug-likeness (QED) is 0.636. The van der Waals surface area contributed by atoms with Crippen LogP contribution in [-0.4, -0.2) is 56.2 Å². The SMILES string of the molecule is COc1ccc(NS(=O)(=O)c2cccc(S(=O)(=O)[C@H]3CCS(=O)(=O)C3)c2)cc1OC. The molecule has 0 aromatic heterocycles. The molecule has 1 heterocycles. The molecule has 30 heavy (non-hydrogen) atoms. The molecular formula is C18H21NO8S3. The third-order valence-electron chi connectivity index (χ3n) is 4.71. The fourth-order valence-electron chi connectivity index (χ4n) is 3.13. The summed E-state index contributed by atoms with van der Waals surface area (Å²) in [6, 6.07) is 9.29. The van der Waals surface area contributed by atoms with Crippen LogP contribution in [0.5, 0.6) is 11.5 Å². The van der Waals surface area contributed by atoms with Gasteiger partial charge in [-0.15, -0.1) is 0 Å². The van der Waals surface area contributed by atoms with E-state index in [1.807, 2.05) is 0 Å². The standard InChI is InChI=1S/C18H21NO8S3/c1-26-17-7-6-13(10-18(17)27-2)19-30(24,25)15-5-3-4-14(11-15)29(22,23)16-8-9-28(20,21)12-16/h3-7,10-11,16,19H,8-9,12H2,1-2H3/t16-/m0/s1. The zero-order valence-corrected chi connectivity index (χ0v) is 18.7. The van der Waals surface area contributed by atoms with Gasteiger partial charge in [0.1, 0.15) is 0 Å². The highest BCUT2D eigenvalue weighted by molar-refractivity contribution is 7.96. The Hall–Kier alpha value is -2.31. The van der Waals surface area contributed by atoms with Crippen molar-refractivity contribution in [2.75, 3.05) is 30.4 Å². The van der Waals surface area contributed by atoms with Crippen LogP contribution in [0.25, 0.3) is 0 Å². The minimum absolute atomic E-state index is 0.00840. The monoisotopic (exact) mass is 475 g/mol. The highest BCUT2D eigenvalue weighted by Crippen LogP contribution is 2.31. The summed E-state index contributed by atoms with van der Waals surface area (Å²) in [6.45, 7) is 0. The maximum absolute atomic E-state index is 12.8. The zero-order valence-electron chi connectivity index (χ0n) is 16.2. The number of hydrogen-bond donors (Lipinski definition) is 1. The highest BCUT2D eigenvalue weighted by atomic mass is 32.2. The Morgan fingerprint density at radius 2 is 1.60 bits per heavy atom. The van der Waals surface area contributed by atoms with E-state index in [0.717, 1.165) is 6.07 Å². The van der Waals surface area contributed by atoms with Gasteiger partial charge in [0.2, 0.25) is 0 Å². The Balaban J connectivity index is 1.91. The van der Waals surface area contributed by atoms with E-state index in [1.54, 1.807) is 0 Å². The van der Waals surface area contributed by atoms with Crippen molar-refractivity contribution in [3.63, 3.8) is 0 Å². The molecule has 9 nitrogen and oxygen atoms in total. The maximum Gasteiger partial charge on any atom is 0.261 e. The van der Waals surface area contributed by atoms with Crippen LogP contribution in [0.2, 0.25) is 0 Å². The van der Waals surface area contributed by atoms with Crippen LogP contribution >= 0.6 is 0 Å². The van der Waals surface area contributed by atoms with Crippen LogP contribution in [0.1, 0.15) is 6.42 Å². The van der Waals surface area contributed by atoms with Crippen molar-refractivity contribution in [1.29, 1.82) is 0 Å². The van der Waals surface area contributed by atoms with Crippen LogP contribution in [0.3, 0.4) is 0 Å². The van der Waals surface area contributed by atoms with Gasteiger partial charge in [-0.25, -0.2) is 25.3 Å². The van der Waals surface area contributed by atoms with E-state index in [4.69, 9.17) is 9.47 Å². The van der Waals surface area contributed by atoms with Gasteiger partial charge in [0.25, 0.3) is 10.0 Å². The summed E-state index contributed by atoms with van der Waals surface area (Å²) < 4.78 is 87.1. The average molecular weight is 476 g/mol. The van der Waals surface area contributed by atoms with Crippen LogP contribution in [0.4, 0.5) is 5.69 Å². The molecule has 1 aliphatic heterocycles. The normalized spacial score (nSPS) is 18.7. The molecule has 1 fully saturated rings. The van der Waals surface area contributed by atoms with Crippen molar-refractivity contribution >= 4 is 35.4 Å². The average Bonchev–Trinajstić information content (AvgIpc) is 3.08. The lowest BCUT2D eigenvalue weighted by Gasteiger charge is -2.14. The minimum Gasteiger partial charge on any atom is -0.493 e. The van der Waals surface area contributed by atoms with E-state index < -0.39 is 40.7 Å². The fourth-order valence-corrected chi connectivity index (χ4v) is 8.70. The summed E-state index contributed by atoms with van der Waals surface area (Å²) >= 11 is 0.